The summed E-state index contributed by atoms with van der Waals surface area (Å²) in [4.78, 5) is 1.28. The summed E-state index contributed by atoms with van der Waals surface area (Å²) in [5.74, 6) is 1.85. The van der Waals surface area contributed by atoms with Crippen molar-refractivity contribution in [1.82, 2.24) is 0 Å². The minimum absolute atomic E-state index is 0.908. The Morgan fingerprint density at radius 3 is 2.50 bits per heavy atom. The second-order valence-corrected chi connectivity index (χ2v) is 6.02. The lowest BCUT2D eigenvalue weighted by molar-refractivity contribution is 0.411. The summed E-state index contributed by atoms with van der Waals surface area (Å²) in [7, 11) is 1.71. The quantitative estimate of drug-likeness (QED) is 0.728. The average Bonchev–Trinajstić information content (AvgIpc) is 2.38. The van der Waals surface area contributed by atoms with Crippen LogP contribution in [0.5, 0.6) is 5.75 Å². The van der Waals surface area contributed by atoms with Gasteiger partial charge in [-0.1, -0.05) is 33.6 Å². The van der Waals surface area contributed by atoms with Crippen LogP contribution in [0.3, 0.4) is 0 Å². The van der Waals surface area contributed by atoms with E-state index in [0.29, 0.717) is 0 Å². The SMILES string of the molecule is COc1ccc(Br)cc1CSc1ccc(C)cc1. The van der Waals surface area contributed by atoms with E-state index in [1.807, 2.05) is 23.9 Å². The molecule has 0 fully saturated rings. The second-order valence-electron chi connectivity index (χ2n) is 4.06. The van der Waals surface area contributed by atoms with Gasteiger partial charge in [-0.2, -0.15) is 0 Å². The number of thioether (sulfide) groups is 1. The highest BCUT2D eigenvalue weighted by Gasteiger charge is 2.04. The van der Waals surface area contributed by atoms with Gasteiger partial charge in [-0.3, -0.25) is 0 Å². The van der Waals surface area contributed by atoms with Crippen molar-refractivity contribution in [3.63, 3.8) is 0 Å². The predicted molar refractivity (Wildman–Crippen MR) is 81.4 cm³/mol. The van der Waals surface area contributed by atoms with Crippen molar-refractivity contribution in [2.24, 2.45) is 0 Å². The van der Waals surface area contributed by atoms with E-state index in [4.69, 9.17) is 4.74 Å². The largest absolute Gasteiger partial charge is 0.496 e. The van der Waals surface area contributed by atoms with Gasteiger partial charge in [0.15, 0.2) is 0 Å². The monoisotopic (exact) mass is 322 g/mol. The van der Waals surface area contributed by atoms with Crippen LogP contribution in [0.1, 0.15) is 11.1 Å². The topological polar surface area (TPSA) is 9.23 Å². The Bertz CT molecular complexity index is 523. The molecule has 0 aromatic heterocycles. The number of methoxy groups -OCH3 is 1. The zero-order valence-corrected chi connectivity index (χ0v) is 12.8. The third kappa shape index (κ3) is 3.53. The number of halogens is 1. The summed E-state index contributed by atoms with van der Waals surface area (Å²) in [6, 6.07) is 14.7. The van der Waals surface area contributed by atoms with Crippen LogP contribution in [0.2, 0.25) is 0 Å². The predicted octanol–water partition coefficient (Wildman–Crippen LogP) is 5.06. The molecular formula is C15H15BrOS. The van der Waals surface area contributed by atoms with Crippen molar-refractivity contribution in [2.45, 2.75) is 17.6 Å². The molecule has 94 valence electrons. The van der Waals surface area contributed by atoms with E-state index >= 15 is 0 Å². The molecule has 2 rings (SSSR count). The first-order valence-electron chi connectivity index (χ1n) is 5.71. The van der Waals surface area contributed by atoms with Crippen LogP contribution in [0.15, 0.2) is 51.8 Å². The Hall–Kier alpha value is -0.930. The number of rotatable bonds is 4. The van der Waals surface area contributed by atoms with Gasteiger partial charge in [0.2, 0.25) is 0 Å². The first-order valence-corrected chi connectivity index (χ1v) is 7.49. The number of benzene rings is 2. The summed E-state index contributed by atoms with van der Waals surface area (Å²) in [5.41, 5.74) is 2.50. The summed E-state index contributed by atoms with van der Waals surface area (Å²) < 4.78 is 6.46. The molecule has 0 aliphatic rings. The third-order valence-electron chi connectivity index (χ3n) is 2.66. The summed E-state index contributed by atoms with van der Waals surface area (Å²) >= 11 is 5.32. The van der Waals surface area contributed by atoms with Crippen LogP contribution >= 0.6 is 27.7 Å². The van der Waals surface area contributed by atoms with Gasteiger partial charge in [0.1, 0.15) is 5.75 Å². The lowest BCUT2D eigenvalue weighted by atomic mass is 10.2. The van der Waals surface area contributed by atoms with E-state index in [1.165, 1.54) is 16.0 Å². The Balaban J connectivity index is 2.09. The Kier molecular flexibility index (Phi) is 4.72. The molecule has 2 aromatic carbocycles. The van der Waals surface area contributed by atoms with Gasteiger partial charge in [-0.25, -0.2) is 0 Å². The molecule has 0 unspecified atom stereocenters. The van der Waals surface area contributed by atoms with Gasteiger partial charge in [-0.15, -0.1) is 11.8 Å². The smallest absolute Gasteiger partial charge is 0.122 e. The van der Waals surface area contributed by atoms with Gasteiger partial charge in [-0.05, 0) is 37.3 Å². The second kappa shape index (κ2) is 6.30. The van der Waals surface area contributed by atoms with Crippen molar-refractivity contribution in [2.75, 3.05) is 7.11 Å². The first kappa shape index (κ1) is 13.5. The number of ether oxygens (including phenoxy) is 1. The van der Waals surface area contributed by atoms with Crippen LogP contribution in [-0.4, -0.2) is 7.11 Å². The molecule has 0 amide bonds. The van der Waals surface area contributed by atoms with E-state index in [-0.39, 0.29) is 0 Å². The molecule has 2 aromatic rings. The van der Waals surface area contributed by atoms with E-state index in [1.54, 1.807) is 7.11 Å². The lowest BCUT2D eigenvalue weighted by Gasteiger charge is -2.09. The highest BCUT2D eigenvalue weighted by atomic mass is 79.9. The van der Waals surface area contributed by atoms with Crippen molar-refractivity contribution in [1.29, 1.82) is 0 Å². The number of hydrogen-bond donors (Lipinski definition) is 0. The van der Waals surface area contributed by atoms with E-state index in [0.717, 1.165) is 16.0 Å². The number of aryl methyl sites for hydroxylation is 1. The van der Waals surface area contributed by atoms with Crippen LogP contribution in [0, 0.1) is 6.92 Å². The van der Waals surface area contributed by atoms with E-state index < -0.39 is 0 Å². The first-order chi connectivity index (χ1) is 8.69. The molecule has 0 aliphatic carbocycles. The molecular weight excluding hydrogens is 308 g/mol. The standard InChI is InChI=1S/C15H15BrOS/c1-11-3-6-14(7-4-11)18-10-12-9-13(16)5-8-15(12)17-2/h3-9H,10H2,1-2H3. The van der Waals surface area contributed by atoms with Crippen LogP contribution in [0.25, 0.3) is 0 Å². The fourth-order valence-electron chi connectivity index (χ4n) is 1.66. The molecule has 0 bridgehead atoms. The average molecular weight is 323 g/mol. The fraction of sp³-hybridized carbons (Fsp3) is 0.200. The molecule has 3 heteroatoms. The number of hydrogen-bond acceptors (Lipinski definition) is 2. The minimum atomic E-state index is 0.908. The molecule has 0 saturated heterocycles. The van der Waals surface area contributed by atoms with Crippen molar-refractivity contribution < 1.29 is 4.74 Å². The Morgan fingerprint density at radius 2 is 1.83 bits per heavy atom. The molecule has 0 spiro atoms. The maximum absolute atomic E-state index is 5.37. The lowest BCUT2D eigenvalue weighted by Crippen LogP contribution is -1.90. The van der Waals surface area contributed by atoms with Crippen LogP contribution in [-0.2, 0) is 5.75 Å². The highest BCUT2D eigenvalue weighted by Crippen LogP contribution is 2.30. The van der Waals surface area contributed by atoms with Crippen molar-refractivity contribution >= 4 is 27.7 Å². The zero-order valence-electron chi connectivity index (χ0n) is 10.4. The van der Waals surface area contributed by atoms with Gasteiger partial charge in [0.05, 0.1) is 7.11 Å². The molecule has 0 N–H and O–H groups in total. The fourth-order valence-corrected chi connectivity index (χ4v) is 2.94. The van der Waals surface area contributed by atoms with E-state index in [9.17, 15) is 0 Å². The Morgan fingerprint density at radius 1 is 1.11 bits per heavy atom. The van der Waals surface area contributed by atoms with Crippen molar-refractivity contribution in [3.8, 4) is 5.75 Å². The minimum Gasteiger partial charge on any atom is -0.496 e. The van der Waals surface area contributed by atoms with Gasteiger partial charge < -0.3 is 4.74 Å². The van der Waals surface area contributed by atoms with Gasteiger partial charge in [0.25, 0.3) is 0 Å². The summed E-state index contributed by atoms with van der Waals surface area (Å²) in [6.07, 6.45) is 0. The van der Waals surface area contributed by atoms with Crippen LogP contribution < -0.4 is 4.74 Å². The third-order valence-corrected chi connectivity index (χ3v) is 4.21. The Labute approximate surface area is 121 Å². The molecule has 0 atom stereocenters. The van der Waals surface area contributed by atoms with Gasteiger partial charge in [0, 0.05) is 20.7 Å². The molecule has 0 heterocycles. The maximum atomic E-state index is 5.37. The van der Waals surface area contributed by atoms with Gasteiger partial charge >= 0.3 is 0 Å². The van der Waals surface area contributed by atoms with Crippen molar-refractivity contribution in [3.05, 3.63) is 58.1 Å². The zero-order chi connectivity index (χ0) is 13.0. The normalized spacial score (nSPS) is 10.4. The molecule has 0 radical (unpaired) electrons. The molecule has 0 saturated carbocycles. The van der Waals surface area contributed by atoms with E-state index in [2.05, 4.69) is 53.2 Å². The summed E-state index contributed by atoms with van der Waals surface area (Å²) in [5, 5.41) is 0. The highest BCUT2D eigenvalue weighted by molar-refractivity contribution is 9.10. The molecule has 0 aliphatic heterocycles. The molecule has 1 nitrogen and oxygen atoms in total. The van der Waals surface area contributed by atoms with Crippen LogP contribution in [0.4, 0.5) is 0 Å². The maximum Gasteiger partial charge on any atom is 0.122 e. The summed E-state index contributed by atoms with van der Waals surface area (Å²) in [6.45, 7) is 2.10. The molecule has 18 heavy (non-hydrogen) atoms.